The Morgan fingerprint density at radius 3 is 2.07 bits per heavy atom. The van der Waals surface area contributed by atoms with Gasteiger partial charge in [-0.2, -0.15) is 10.5 Å². The summed E-state index contributed by atoms with van der Waals surface area (Å²) in [7, 11) is 0. The average Bonchev–Trinajstić information content (AvgIpc) is 2.71. The Bertz CT molecular complexity index is 810. The Morgan fingerprint density at radius 1 is 0.778 bits per heavy atom. The second kappa shape index (κ2) is 11.0. The first kappa shape index (κ1) is 20.5. The molecule has 27 heavy (non-hydrogen) atoms. The van der Waals surface area contributed by atoms with Crippen molar-refractivity contribution in [1.82, 2.24) is 0 Å². The zero-order valence-corrected chi connectivity index (χ0v) is 16.4. The Morgan fingerprint density at radius 2 is 1.44 bits per heavy atom. The van der Waals surface area contributed by atoms with Crippen LogP contribution in [0.1, 0.15) is 69.1 Å². The average molecular weight is 361 g/mol. The van der Waals surface area contributed by atoms with Gasteiger partial charge in [0.2, 0.25) is 0 Å². The number of nitriles is 2. The first-order valence-corrected chi connectivity index (χ1v) is 9.94. The third-order valence-corrected chi connectivity index (χ3v) is 4.75. The molecule has 0 aromatic heterocycles. The van der Waals surface area contributed by atoms with E-state index in [-0.39, 0.29) is 0 Å². The Labute approximate surface area is 163 Å². The van der Waals surface area contributed by atoms with Crippen LogP contribution >= 0.6 is 0 Å². The van der Waals surface area contributed by atoms with Crippen LogP contribution in [-0.2, 0) is 6.42 Å². The topological polar surface area (TPSA) is 56.8 Å². The quantitative estimate of drug-likeness (QED) is 0.461. The minimum absolute atomic E-state index is 0.475. The Balaban J connectivity index is 2.22. The number of benzene rings is 2. The molecule has 2 aromatic carbocycles. The highest BCUT2D eigenvalue weighted by molar-refractivity contribution is 5.75. The van der Waals surface area contributed by atoms with Gasteiger partial charge in [0, 0.05) is 5.56 Å². The summed E-state index contributed by atoms with van der Waals surface area (Å²) in [5, 5.41) is 19.3. The van der Waals surface area contributed by atoms with E-state index < -0.39 is 0 Å². The van der Waals surface area contributed by atoms with Crippen LogP contribution < -0.4 is 4.74 Å². The number of hydrogen-bond acceptors (Lipinski definition) is 3. The molecule has 2 aromatic rings. The van der Waals surface area contributed by atoms with E-state index in [1.165, 1.54) is 12.8 Å². The van der Waals surface area contributed by atoms with E-state index in [2.05, 4.69) is 26.0 Å². The van der Waals surface area contributed by atoms with Gasteiger partial charge in [-0.25, -0.2) is 0 Å². The third-order valence-electron chi connectivity index (χ3n) is 4.75. The van der Waals surface area contributed by atoms with Crippen LogP contribution in [0.2, 0.25) is 0 Å². The lowest BCUT2D eigenvalue weighted by Crippen LogP contribution is -1.98. The maximum absolute atomic E-state index is 9.68. The molecule has 0 saturated carbocycles. The molecule has 0 radical (unpaired) electrons. The molecule has 0 amide bonds. The lowest BCUT2D eigenvalue weighted by molar-refractivity contribution is 0.306. The Kier molecular flexibility index (Phi) is 8.40. The number of aryl methyl sites for hydroxylation is 1. The van der Waals surface area contributed by atoms with Crippen LogP contribution in [-0.4, -0.2) is 6.61 Å². The highest BCUT2D eigenvalue weighted by Gasteiger charge is 2.14. The molecule has 0 aliphatic rings. The van der Waals surface area contributed by atoms with Crippen LogP contribution in [0.5, 0.6) is 5.75 Å². The van der Waals surface area contributed by atoms with Crippen molar-refractivity contribution < 1.29 is 4.74 Å². The normalized spacial score (nSPS) is 10.2. The van der Waals surface area contributed by atoms with Crippen molar-refractivity contribution in [3.8, 4) is 29.0 Å². The smallest absolute Gasteiger partial charge is 0.119 e. The van der Waals surface area contributed by atoms with Crippen LogP contribution in [0.15, 0.2) is 36.4 Å². The predicted octanol–water partition coefficient (Wildman–Crippen LogP) is 6.40. The molecular formula is C24H28N2O. The molecule has 0 unspecified atom stereocenters. The minimum Gasteiger partial charge on any atom is -0.494 e. The van der Waals surface area contributed by atoms with Crippen molar-refractivity contribution in [2.75, 3.05) is 6.61 Å². The summed E-state index contributed by atoms with van der Waals surface area (Å²) in [4.78, 5) is 0. The number of nitrogens with zero attached hydrogens (tertiary/aromatic N) is 2. The molecule has 0 bridgehead atoms. The summed E-state index contributed by atoms with van der Waals surface area (Å²) in [6.07, 6.45) is 7.56. The number of hydrogen-bond donors (Lipinski definition) is 0. The molecule has 0 fully saturated rings. The second-order valence-corrected chi connectivity index (χ2v) is 6.78. The van der Waals surface area contributed by atoms with Crippen molar-refractivity contribution in [3.05, 3.63) is 53.1 Å². The molecular weight excluding hydrogens is 332 g/mol. The summed E-state index contributed by atoms with van der Waals surface area (Å²) < 4.78 is 5.76. The first-order valence-electron chi connectivity index (χ1n) is 9.94. The third kappa shape index (κ3) is 5.60. The summed E-state index contributed by atoms with van der Waals surface area (Å²) in [6.45, 7) is 5.06. The van der Waals surface area contributed by atoms with Crippen LogP contribution in [0.3, 0.4) is 0 Å². The fourth-order valence-electron chi connectivity index (χ4n) is 3.18. The number of ether oxygens (including phenoxy) is 1. The maximum Gasteiger partial charge on any atom is 0.119 e. The number of unbranched alkanes of at least 4 members (excludes halogenated alkanes) is 4. The molecule has 0 heterocycles. The largest absolute Gasteiger partial charge is 0.494 e. The molecule has 0 N–H and O–H groups in total. The van der Waals surface area contributed by atoms with E-state index in [1.54, 1.807) is 0 Å². The van der Waals surface area contributed by atoms with E-state index in [4.69, 9.17) is 4.74 Å². The van der Waals surface area contributed by atoms with Crippen molar-refractivity contribution in [2.24, 2.45) is 0 Å². The van der Waals surface area contributed by atoms with Gasteiger partial charge in [0.15, 0.2) is 0 Å². The van der Waals surface area contributed by atoms with E-state index >= 15 is 0 Å². The van der Waals surface area contributed by atoms with E-state index in [0.29, 0.717) is 11.1 Å². The van der Waals surface area contributed by atoms with Crippen molar-refractivity contribution >= 4 is 0 Å². The number of rotatable bonds is 10. The van der Waals surface area contributed by atoms with Crippen LogP contribution in [0.4, 0.5) is 0 Å². The first-order chi connectivity index (χ1) is 13.2. The summed E-state index contributed by atoms with van der Waals surface area (Å²) in [5.74, 6) is 0.838. The van der Waals surface area contributed by atoms with Crippen LogP contribution in [0.25, 0.3) is 11.1 Å². The molecule has 2 rings (SSSR count). The molecule has 3 nitrogen and oxygen atoms in total. The summed E-state index contributed by atoms with van der Waals surface area (Å²) in [6, 6.07) is 16.3. The lowest BCUT2D eigenvalue weighted by atomic mass is 9.91. The molecule has 0 spiro atoms. The van der Waals surface area contributed by atoms with Crippen molar-refractivity contribution in [3.63, 3.8) is 0 Å². The molecule has 0 atom stereocenters. The SMILES string of the molecule is CCCCCOc1ccc(-c2ccc(CCCCC)c(C#N)c2C#N)cc1. The maximum atomic E-state index is 9.68. The molecule has 0 aliphatic heterocycles. The van der Waals surface area contributed by atoms with Gasteiger partial charge in [-0.3, -0.25) is 0 Å². The van der Waals surface area contributed by atoms with Crippen molar-refractivity contribution in [2.45, 2.75) is 58.8 Å². The van der Waals surface area contributed by atoms with Gasteiger partial charge in [0.05, 0.1) is 17.7 Å². The van der Waals surface area contributed by atoms with Gasteiger partial charge < -0.3 is 4.74 Å². The van der Waals surface area contributed by atoms with Gasteiger partial charge in [-0.1, -0.05) is 63.8 Å². The minimum atomic E-state index is 0.475. The highest BCUT2D eigenvalue weighted by Crippen LogP contribution is 2.30. The van der Waals surface area contributed by atoms with Crippen molar-refractivity contribution in [1.29, 1.82) is 10.5 Å². The van der Waals surface area contributed by atoms with Crippen LogP contribution in [0, 0.1) is 22.7 Å². The standard InChI is InChI=1S/C24H28N2O/c1-3-5-7-9-19-12-15-22(24(18-26)23(19)17-25)20-10-13-21(14-11-20)27-16-8-6-4-2/h10-15H,3-9,16H2,1-2H3. The zero-order chi connectivity index (χ0) is 19.5. The van der Waals surface area contributed by atoms with E-state index in [1.807, 2.05) is 36.4 Å². The van der Waals surface area contributed by atoms with Gasteiger partial charge in [-0.15, -0.1) is 0 Å². The zero-order valence-electron chi connectivity index (χ0n) is 16.4. The predicted molar refractivity (Wildman–Crippen MR) is 110 cm³/mol. The lowest BCUT2D eigenvalue weighted by Gasteiger charge is -2.11. The van der Waals surface area contributed by atoms with Gasteiger partial charge in [0.25, 0.3) is 0 Å². The fourth-order valence-corrected chi connectivity index (χ4v) is 3.18. The fraction of sp³-hybridized carbons (Fsp3) is 0.417. The van der Waals surface area contributed by atoms with E-state index in [0.717, 1.165) is 61.2 Å². The van der Waals surface area contributed by atoms with Gasteiger partial charge >= 0.3 is 0 Å². The van der Waals surface area contributed by atoms with E-state index in [9.17, 15) is 10.5 Å². The summed E-state index contributed by atoms with van der Waals surface area (Å²) in [5.41, 5.74) is 3.71. The highest BCUT2D eigenvalue weighted by atomic mass is 16.5. The van der Waals surface area contributed by atoms with Gasteiger partial charge in [-0.05, 0) is 42.5 Å². The Hall–Kier alpha value is -2.78. The second-order valence-electron chi connectivity index (χ2n) is 6.78. The van der Waals surface area contributed by atoms with Gasteiger partial charge in [0.1, 0.15) is 17.9 Å². The molecule has 140 valence electrons. The monoisotopic (exact) mass is 360 g/mol. The molecule has 0 saturated heterocycles. The molecule has 0 aliphatic carbocycles. The molecule has 3 heteroatoms. The summed E-state index contributed by atoms with van der Waals surface area (Å²) >= 11 is 0.